The Morgan fingerprint density at radius 1 is 1.11 bits per heavy atom. The van der Waals surface area contributed by atoms with Crippen LogP contribution in [0, 0.1) is 5.82 Å². The SMILES string of the molecule is CC(=O)NC[C@H]1CN(c2ccc(N3CCN(C(=O)Nc4ccc(Cl)c(C(F)(F)F)c4)CC3)c(F)c2)C(=O)O1. The lowest BCUT2D eigenvalue weighted by molar-refractivity contribution is -0.137. The summed E-state index contributed by atoms with van der Waals surface area (Å²) < 4.78 is 59.5. The molecule has 0 unspecified atom stereocenters. The zero-order chi connectivity index (χ0) is 27.6. The number of amides is 4. The van der Waals surface area contributed by atoms with Gasteiger partial charge in [-0.1, -0.05) is 11.6 Å². The molecule has 2 fully saturated rings. The fourth-order valence-corrected chi connectivity index (χ4v) is 4.41. The van der Waals surface area contributed by atoms with Crippen molar-refractivity contribution < 1.29 is 36.7 Å². The average Bonchev–Trinajstić information content (AvgIpc) is 3.23. The Morgan fingerprint density at radius 3 is 2.45 bits per heavy atom. The van der Waals surface area contributed by atoms with E-state index in [-0.39, 0.29) is 56.6 Å². The number of cyclic esters (lactones) is 1. The highest BCUT2D eigenvalue weighted by molar-refractivity contribution is 6.31. The second kappa shape index (κ2) is 10.9. The fourth-order valence-electron chi connectivity index (χ4n) is 4.19. The van der Waals surface area contributed by atoms with Gasteiger partial charge in [-0.05, 0) is 36.4 Å². The topological polar surface area (TPSA) is 94.2 Å². The molecule has 204 valence electrons. The highest BCUT2D eigenvalue weighted by Crippen LogP contribution is 2.36. The van der Waals surface area contributed by atoms with E-state index in [0.717, 1.165) is 12.1 Å². The summed E-state index contributed by atoms with van der Waals surface area (Å²) in [5, 5.41) is 4.55. The molecule has 0 aliphatic carbocycles. The van der Waals surface area contributed by atoms with Crippen molar-refractivity contribution in [2.24, 2.45) is 0 Å². The molecule has 38 heavy (non-hydrogen) atoms. The van der Waals surface area contributed by atoms with Crippen LogP contribution in [0.2, 0.25) is 5.02 Å². The van der Waals surface area contributed by atoms with Gasteiger partial charge in [0.2, 0.25) is 5.91 Å². The Balaban J connectivity index is 1.34. The highest BCUT2D eigenvalue weighted by Gasteiger charge is 2.34. The Labute approximate surface area is 220 Å². The van der Waals surface area contributed by atoms with Crippen LogP contribution in [-0.2, 0) is 15.7 Å². The van der Waals surface area contributed by atoms with Crippen molar-refractivity contribution in [2.45, 2.75) is 19.2 Å². The van der Waals surface area contributed by atoms with Crippen molar-refractivity contribution in [1.29, 1.82) is 0 Å². The standard InChI is InChI=1S/C24H24ClF4N5O4/c1-14(35)30-12-17-13-34(23(37)38-17)16-3-5-21(20(26)11-16)32-6-8-33(9-7-32)22(36)31-15-2-4-19(25)18(10-15)24(27,28)29/h2-5,10-11,17H,6-9,12-13H2,1H3,(H,30,35)(H,31,36)/t17-/m0/s1. The van der Waals surface area contributed by atoms with Crippen LogP contribution in [0.3, 0.4) is 0 Å². The molecule has 2 aliphatic heterocycles. The van der Waals surface area contributed by atoms with E-state index in [2.05, 4.69) is 10.6 Å². The van der Waals surface area contributed by atoms with Crippen molar-refractivity contribution in [2.75, 3.05) is 54.4 Å². The lowest BCUT2D eigenvalue weighted by Gasteiger charge is -2.36. The van der Waals surface area contributed by atoms with E-state index in [0.29, 0.717) is 5.69 Å². The lowest BCUT2D eigenvalue weighted by atomic mass is 10.2. The highest BCUT2D eigenvalue weighted by atomic mass is 35.5. The van der Waals surface area contributed by atoms with Crippen LogP contribution in [0.4, 0.5) is 44.2 Å². The van der Waals surface area contributed by atoms with Gasteiger partial charge < -0.3 is 25.2 Å². The summed E-state index contributed by atoms with van der Waals surface area (Å²) >= 11 is 5.62. The number of benzene rings is 2. The van der Waals surface area contributed by atoms with E-state index >= 15 is 4.39 Å². The molecule has 2 aromatic rings. The minimum absolute atomic E-state index is 0.0458. The molecule has 1 atom stereocenters. The molecular formula is C24H24ClF4N5O4. The number of ether oxygens (including phenoxy) is 1. The smallest absolute Gasteiger partial charge is 0.417 e. The molecule has 2 aromatic carbocycles. The average molecular weight is 558 g/mol. The number of carbonyl (C=O) groups excluding carboxylic acids is 3. The third-order valence-electron chi connectivity index (χ3n) is 6.13. The second-order valence-electron chi connectivity index (χ2n) is 8.79. The second-order valence-corrected chi connectivity index (χ2v) is 9.19. The molecule has 9 nitrogen and oxygen atoms in total. The van der Waals surface area contributed by atoms with Crippen molar-refractivity contribution in [3.63, 3.8) is 0 Å². The predicted molar refractivity (Wildman–Crippen MR) is 132 cm³/mol. The minimum Gasteiger partial charge on any atom is -0.442 e. The summed E-state index contributed by atoms with van der Waals surface area (Å²) in [5.41, 5.74) is -0.508. The number of hydrogen-bond acceptors (Lipinski definition) is 5. The molecule has 4 amide bonds. The normalized spacial score (nSPS) is 17.9. The lowest BCUT2D eigenvalue weighted by Crippen LogP contribution is -2.50. The number of piperazine rings is 1. The van der Waals surface area contributed by atoms with E-state index in [1.54, 1.807) is 11.0 Å². The number of rotatable bonds is 5. The maximum Gasteiger partial charge on any atom is 0.417 e. The molecule has 0 spiro atoms. The molecule has 0 bridgehead atoms. The van der Waals surface area contributed by atoms with E-state index < -0.39 is 40.8 Å². The first-order valence-electron chi connectivity index (χ1n) is 11.6. The van der Waals surface area contributed by atoms with Crippen molar-refractivity contribution >= 4 is 46.7 Å². The number of halogens is 5. The van der Waals surface area contributed by atoms with Gasteiger partial charge in [-0.2, -0.15) is 13.2 Å². The Hall–Kier alpha value is -3.74. The van der Waals surface area contributed by atoms with Gasteiger partial charge in [0.1, 0.15) is 11.9 Å². The molecule has 0 radical (unpaired) electrons. The zero-order valence-electron chi connectivity index (χ0n) is 20.1. The molecule has 2 saturated heterocycles. The monoisotopic (exact) mass is 557 g/mol. The first kappa shape index (κ1) is 27.3. The summed E-state index contributed by atoms with van der Waals surface area (Å²) in [6, 6.07) is 6.86. The molecule has 0 saturated carbocycles. The van der Waals surface area contributed by atoms with Gasteiger partial charge in [0.25, 0.3) is 0 Å². The third-order valence-corrected chi connectivity index (χ3v) is 6.46. The van der Waals surface area contributed by atoms with E-state index in [1.165, 1.54) is 34.9 Å². The number of alkyl halides is 3. The van der Waals surface area contributed by atoms with Gasteiger partial charge in [0.15, 0.2) is 0 Å². The zero-order valence-corrected chi connectivity index (χ0v) is 20.9. The van der Waals surface area contributed by atoms with Gasteiger partial charge >= 0.3 is 18.3 Å². The Bertz CT molecular complexity index is 1240. The van der Waals surface area contributed by atoms with Crippen molar-refractivity contribution in [1.82, 2.24) is 10.2 Å². The molecule has 2 aliphatic rings. The number of urea groups is 1. The van der Waals surface area contributed by atoms with Crippen LogP contribution >= 0.6 is 11.6 Å². The predicted octanol–water partition coefficient (Wildman–Crippen LogP) is 4.31. The van der Waals surface area contributed by atoms with Gasteiger partial charge in [-0.25, -0.2) is 14.0 Å². The third kappa shape index (κ3) is 6.21. The molecular weight excluding hydrogens is 534 g/mol. The van der Waals surface area contributed by atoms with E-state index in [4.69, 9.17) is 16.3 Å². The number of nitrogens with one attached hydrogen (secondary N) is 2. The number of hydrogen-bond donors (Lipinski definition) is 2. The van der Waals surface area contributed by atoms with Crippen LogP contribution in [0.5, 0.6) is 0 Å². The molecule has 2 N–H and O–H groups in total. The first-order valence-corrected chi connectivity index (χ1v) is 12.0. The largest absolute Gasteiger partial charge is 0.442 e. The molecule has 2 heterocycles. The molecule has 0 aromatic heterocycles. The quantitative estimate of drug-likeness (QED) is 0.534. The van der Waals surface area contributed by atoms with Crippen LogP contribution in [0.25, 0.3) is 0 Å². The Kier molecular flexibility index (Phi) is 7.86. The van der Waals surface area contributed by atoms with E-state index in [9.17, 15) is 27.6 Å². The summed E-state index contributed by atoms with van der Waals surface area (Å²) in [4.78, 5) is 40.3. The van der Waals surface area contributed by atoms with E-state index in [1.807, 2.05) is 0 Å². The van der Waals surface area contributed by atoms with Gasteiger partial charge in [-0.3, -0.25) is 9.69 Å². The molecule has 4 rings (SSSR count). The number of nitrogens with zero attached hydrogens (tertiary/aromatic N) is 3. The van der Waals surface area contributed by atoms with Crippen LogP contribution in [-0.4, -0.2) is 68.3 Å². The van der Waals surface area contributed by atoms with Crippen molar-refractivity contribution in [3.05, 3.63) is 52.8 Å². The number of carbonyl (C=O) groups is 3. The van der Waals surface area contributed by atoms with Gasteiger partial charge in [0.05, 0.1) is 35.1 Å². The van der Waals surface area contributed by atoms with Crippen LogP contribution in [0.15, 0.2) is 36.4 Å². The Morgan fingerprint density at radius 2 is 1.82 bits per heavy atom. The van der Waals surface area contributed by atoms with Crippen LogP contribution < -0.4 is 20.4 Å². The van der Waals surface area contributed by atoms with Gasteiger partial charge in [0, 0.05) is 38.8 Å². The first-order chi connectivity index (χ1) is 17.9. The maximum absolute atomic E-state index is 15.0. The summed E-state index contributed by atoms with van der Waals surface area (Å²) in [6.45, 7) is 2.63. The van der Waals surface area contributed by atoms with Gasteiger partial charge in [-0.15, -0.1) is 0 Å². The van der Waals surface area contributed by atoms with Crippen molar-refractivity contribution in [3.8, 4) is 0 Å². The number of anilines is 3. The summed E-state index contributed by atoms with van der Waals surface area (Å²) in [6.07, 6.45) is -5.86. The summed E-state index contributed by atoms with van der Waals surface area (Å²) in [7, 11) is 0. The summed E-state index contributed by atoms with van der Waals surface area (Å²) in [5.74, 6) is -0.826. The minimum atomic E-state index is -4.66. The fraction of sp³-hybridized carbons (Fsp3) is 0.375. The molecule has 14 heteroatoms. The van der Waals surface area contributed by atoms with Crippen LogP contribution in [0.1, 0.15) is 12.5 Å². The maximum atomic E-state index is 15.0.